The van der Waals surface area contributed by atoms with Crippen molar-refractivity contribution in [2.75, 3.05) is 30.4 Å². The van der Waals surface area contributed by atoms with E-state index in [4.69, 9.17) is 25.8 Å². The van der Waals surface area contributed by atoms with Crippen LogP contribution < -0.4 is 24.2 Å². The molecule has 4 rings (SSSR count). The summed E-state index contributed by atoms with van der Waals surface area (Å²) in [5.74, 6) is 0.760. The van der Waals surface area contributed by atoms with Crippen molar-refractivity contribution in [2.24, 2.45) is 0 Å². The highest BCUT2D eigenvalue weighted by Gasteiger charge is 2.22. The zero-order chi connectivity index (χ0) is 23.6. The highest BCUT2D eigenvalue weighted by atomic mass is 35.5. The van der Waals surface area contributed by atoms with E-state index in [1.807, 2.05) is 0 Å². The quantitative estimate of drug-likeness (QED) is 0.530. The number of carbonyl (C=O) groups is 1. The van der Waals surface area contributed by atoms with Crippen LogP contribution in [0.25, 0.3) is 0 Å². The van der Waals surface area contributed by atoms with Crippen LogP contribution in [-0.2, 0) is 10.0 Å². The van der Waals surface area contributed by atoms with Crippen molar-refractivity contribution in [1.29, 1.82) is 0 Å². The Kier molecular flexibility index (Phi) is 6.35. The van der Waals surface area contributed by atoms with Crippen LogP contribution in [0.3, 0.4) is 0 Å². The van der Waals surface area contributed by atoms with Crippen molar-refractivity contribution in [1.82, 2.24) is 0 Å². The number of hydrogen-bond acceptors (Lipinski definition) is 6. The van der Waals surface area contributed by atoms with Gasteiger partial charge in [-0.05, 0) is 55.0 Å². The predicted molar refractivity (Wildman–Crippen MR) is 125 cm³/mol. The minimum atomic E-state index is -3.92. The third kappa shape index (κ3) is 4.99. The molecule has 0 bridgehead atoms. The third-order valence-electron chi connectivity index (χ3n) is 4.90. The van der Waals surface area contributed by atoms with Crippen molar-refractivity contribution < 1.29 is 27.4 Å². The Balaban J connectivity index is 1.60. The average Bonchev–Trinajstić information content (AvgIpc) is 2.79. The van der Waals surface area contributed by atoms with Gasteiger partial charge >= 0.3 is 0 Å². The number of anilines is 2. The van der Waals surface area contributed by atoms with Gasteiger partial charge in [-0.1, -0.05) is 23.7 Å². The van der Waals surface area contributed by atoms with E-state index in [2.05, 4.69) is 10.0 Å². The first-order chi connectivity index (χ1) is 15.8. The van der Waals surface area contributed by atoms with E-state index < -0.39 is 15.9 Å². The standard InChI is InChI=1S/C23H21ClN2O6S/c1-14-6-7-17(13-21(14)33(28,29)26-18-5-3-4-16(24)12-18)25-23(27)15-10-19(30-2)22-20(11-15)31-8-9-32-22/h3-7,10-13,26H,8-9H2,1-2H3,(H,25,27). The smallest absolute Gasteiger partial charge is 0.262 e. The number of ether oxygens (including phenoxy) is 3. The number of carbonyl (C=O) groups excluding carboxylic acids is 1. The normalized spacial score (nSPS) is 12.7. The summed E-state index contributed by atoms with van der Waals surface area (Å²) in [4.78, 5) is 12.9. The van der Waals surface area contributed by atoms with Gasteiger partial charge in [0.05, 0.1) is 17.7 Å². The lowest BCUT2D eigenvalue weighted by molar-refractivity contribution is 0.102. The fourth-order valence-corrected chi connectivity index (χ4v) is 4.85. The second-order valence-electron chi connectivity index (χ2n) is 7.25. The molecule has 0 saturated carbocycles. The minimum Gasteiger partial charge on any atom is -0.493 e. The minimum absolute atomic E-state index is 0.0278. The fraction of sp³-hybridized carbons (Fsp3) is 0.174. The fourth-order valence-electron chi connectivity index (χ4n) is 3.34. The molecule has 0 spiro atoms. The lowest BCUT2D eigenvalue weighted by Gasteiger charge is -2.21. The number of hydrogen-bond donors (Lipinski definition) is 2. The van der Waals surface area contributed by atoms with E-state index in [0.717, 1.165) is 0 Å². The van der Waals surface area contributed by atoms with Crippen LogP contribution in [0.15, 0.2) is 59.5 Å². The van der Waals surface area contributed by atoms with Gasteiger partial charge in [0.25, 0.3) is 15.9 Å². The topological polar surface area (TPSA) is 103 Å². The molecule has 2 N–H and O–H groups in total. The second kappa shape index (κ2) is 9.21. The number of halogens is 1. The Morgan fingerprint density at radius 3 is 2.58 bits per heavy atom. The molecular weight excluding hydrogens is 468 g/mol. The Bertz CT molecular complexity index is 1310. The van der Waals surface area contributed by atoms with E-state index in [1.54, 1.807) is 43.3 Å². The molecule has 0 aromatic heterocycles. The molecule has 0 saturated heterocycles. The maximum atomic E-state index is 13.0. The van der Waals surface area contributed by atoms with Gasteiger partial charge in [-0.3, -0.25) is 9.52 Å². The van der Waals surface area contributed by atoms with Crippen molar-refractivity contribution in [2.45, 2.75) is 11.8 Å². The molecule has 8 nitrogen and oxygen atoms in total. The molecule has 3 aromatic carbocycles. The molecule has 172 valence electrons. The summed E-state index contributed by atoms with van der Waals surface area (Å²) >= 11 is 5.95. The highest BCUT2D eigenvalue weighted by molar-refractivity contribution is 7.92. The van der Waals surface area contributed by atoms with E-state index in [1.165, 1.54) is 25.3 Å². The molecule has 0 aliphatic carbocycles. The zero-order valence-electron chi connectivity index (χ0n) is 17.8. The third-order valence-corrected chi connectivity index (χ3v) is 6.66. The molecule has 0 unspecified atom stereocenters. The molecule has 0 fully saturated rings. The Morgan fingerprint density at radius 2 is 1.82 bits per heavy atom. The number of rotatable bonds is 6. The summed E-state index contributed by atoms with van der Waals surface area (Å²) in [5.41, 5.74) is 1.44. The first-order valence-corrected chi connectivity index (χ1v) is 11.8. The molecule has 10 heteroatoms. The molecule has 1 amide bonds. The van der Waals surface area contributed by atoms with Crippen molar-refractivity contribution >= 4 is 38.9 Å². The summed E-state index contributed by atoms with van der Waals surface area (Å²) < 4.78 is 44.9. The second-order valence-corrected chi connectivity index (χ2v) is 9.34. The zero-order valence-corrected chi connectivity index (χ0v) is 19.4. The molecule has 1 aliphatic rings. The van der Waals surface area contributed by atoms with Gasteiger partial charge in [0.2, 0.25) is 5.75 Å². The van der Waals surface area contributed by atoms with Crippen LogP contribution in [0.4, 0.5) is 11.4 Å². The lowest BCUT2D eigenvalue weighted by Crippen LogP contribution is -2.18. The van der Waals surface area contributed by atoms with Gasteiger partial charge in [-0.2, -0.15) is 0 Å². The molecule has 0 atom stereocenters. The average molecular weight is 489 g/mol. The molecule has 3 aromatic rings. The van der Waals surface area contributed by atoms with Gasteiger partial charge in [-0.25, -0.2) is 8.42 Å². The number of methoxy groups -OCH3 is 1. The van der Waals surface area contributed by atoms with Gasteiger partial charge in [0.1, 0.15) is 13.2 Å². The van der Waals surface area contributed by atoms with Gasteiger partial charge in [0, 0.05) is 16.3 Å². The number of amides is 1. The van der Waals surface area contributed by atoms with Crippen LogP contribution in [0.2, 0.25) is 5.02 Å². The molecule has 1 aliphatic heterocycles. The van der Waals surface area contributed by atoms with Crippen LogP contribution >= 0.6 is 11.6 Å². The summed E-state index contributed by atoms with van der Waals surface area (Å²) in [6.07, 6.45) is 0. The van der Waals surface area contributed by atoms with Gasteiger partial charge in [0.15, 0.2) is 11.5 Å². The largest absolute Gasteiger partial charge is 0.493 e. The van der Waals surface area contributed by atoms with Crippen molar-refractivity contribution in [3.05, 3.63) is 70.7 Å². The summed E-state index contributed by atoms with van der Waals surface area (Å²) in [6.45, 7) is 2.42. The first kappa shape index (κ1) is 22.8. The monoisotopic (exact) mass is 488 g/mol. The van der Waals surface area contributed by atoms with Crippen LogP contribution in [0.1, 0.15) is 15.9 Å². The van der Waals surface area contributed by atoms with E-state index in [9.17, 15) is 13.2 Å². The first-order valence-electron chi connectivity index (χ1n) is 9.95. The predicted octanol–water partition coefficient (Wildman–Crippen LogP) is 4.48. The number of nitrogens with one attached hydrogen (secondary N) is 2. The summed E-state index contributed by atoms with van der Waals surface area (Å²) in [5, 5.41) is 3.13. The van der Waals surface area contributed by atoms with Gasteiger partial charge < -0.3 is 19.5 Å². The SMILES string of the molecule is COc1cc(C(=O)Nc2ccc(C)c(S(=O)(=O)Nc3cccc(Cl)c3)c2)cc2c1OCCO2. The number of aryl methyl sites for hydroxylation is 1. The molecular formula is C23H21ClN2O6S. The molecule has 0 radical (unpaired) electrons. The Morgan fingerprint density at radius 1 is 1.03 bits per heavy atom. The Labute approximate surface area is 196 Å². The van der Waals surface area contributed by atoms with E-state index in [0.29, 0.717) is 52.4 Å². The maximum absolute atomic E-state index is 13.0. The number of sulfonamides is 1. The number of fused-ring (bicyclic) bond motifs is 1. The van der Waals surface area contributed by atoms with Crippen molar-refractivity contribution in [3.8, 4) is 17.2 Å². The van der Waals surface area contributed by atoms with Crippen molar-refractivity contribution in [3.63, 3.8) is 0 Å². The Hall–Kier alpha value is -3.43. The number of benzene rings is 3. The van der Waals surface area contributed by atoms with E-state index in [-0.39, 0.29) is 10.5 Å². The summed E-state index contributed by atoms with van der Waals surface area (Å²) in [6, 6.07) is 14.1. The highest BCUT2D eigenvalue weighted by Crippen LogP contribution is 2.40. The molecule has 1 heterocycles. The maximum Gasteiger partial charge on any atom is 0.262 e. The van der Waals surface area contributed by atoms with E-state index >= 15 is 0 Å². The molecule has 33 heavy (non-hydrogen) atoms. The van der Waals surface area contributed by atoms with Crippen LogP contribution in [0.5, 0.6) is 17.2 Å². The summed E-state index contributed by atoms with van der Waals surface area (Å²) in [7, 11) is -2.45. The lowest BCUT2D eigenvalue weighted by atomic mass is 10.1. The van der Waals surface area contributed by atoms with Gasteiger partial charge in [-0.15, -0.1) is 0 Å². The van der Waals surface area contributed by atoms with Crippen LogP contribution in [-0.4, -0.2) is 34.6 Å². The van der Waals surface area contributed by atoms with Crippen LogP contribution in [0, 0.1) is 6.92 Å².